The molecule has 2 rings (SSSR count). The lowest BCUT2D eigenvalue weighted by molar-refractivity contribution is 0.184. The minimum atomic E-state index is 0.548. The lowest BCUT2D eigenvalue weighted by Gasteiger charge is -2.09. The van der Waals surface area contributed by atoms with Gasteiger partial charge in [0, 0.05) is 26.6 Å². The fourth-order valence-corrected chi connectivity index (χ4v) is 1.97. The molecule has 0 spiro atoms. The molecule has 0 saturated heterocycles. The van der Waals surface area contributed by atoms with Gasteiger partial charge < -0.3 is 14.8 Å². The number of methoxy groups -OCH3 is 1. The molecule has 2 aromatic rings. The van der Waals surface area contributed by atoms with E-state index in [1.165, 1.54) is 0 Å². The van der Waals surface area contributed by atoms with Gasteiger partial charge in [-0.15, -0.1) is 0 Å². The second kappa shape index (κ2) is 7.59. The highest BCUT2D eigenvalue weighted by atomic mass is 16.5. The Morgan fingerprint density at radius 2 is 2.05 bits per heavy atom. The van der Waals surface area contributed by atoms with Crippen LogP contribution in [-0.2, 0) is 17.8 Å². The lowest BCUT2D eigenvalue weighted by atomic mass is 10.2. The Hall–Kier alpha value is -2.14. The summed E-state index contributed by atoms with van der Waals surface area (Å²) >= 11 is 0. The Kier molecular flexibility index (Phi) is 5.51. The highest BCUT2D eigenvalue weighted by Gasteiger charge is 2.06. The van der Waals surface area contributed by atoms with Crippen molar-refractivity contribution in [1.82, 2.24) is 9.97 Å². The molecule has 21 heavy (non-hydrogen) atoms. The minimum Gasteiger partial charge on any atom is -0.439 e. The fraction of sp³-hybridized carbons (Fsp3) is 0.375. The first-order valence-corrected chi connectivity index (χ1v) is 7.06. The van der Waals surface area contributed by atoms with Crippen molar-refractivity contribution in [3.05, 3.63) is 41.7 Å². The molecule has 0 saturated carbocycles. The van der Waals surface area contributed by atoms with Crippen LogP contribution in [0.15, 0.2) is 30.3 Å². The van der Waals surface area contributed by atoms with Gasteiger partial charge in [0.2, 0.25) is 5.88 Å². The molecule has 0 bridgehead atoms. The van der Waals surface area contributed by atoms with Crippen molar-refractivity contribution < 1.29 is 9.47 Å². The van der Waals surface area contributed by atoms with Gasteiger partial charge in [0.25, 0.3) is 0 Å². The summed E-state index contributed by atoms with van der Waals surface area (Å²) in [5.74, 6) is 2.84. The summed E-state index contributed by atoms with van der Waals surface area (Å²) in [4.78, 5) is 8.85. The third-order valence-electron chi connectivity index (χ3n) is 2.91. The highest BCUT2D eigenvalue weighted by Crippen LogP contribution is 2.23. The van der Waals surface area contributed by atoms with Gasteiger partial charge in [0.05, 0.1) is 6.61 Å². The van der Waals surface area contributed by atoms with Gasteiger partial charge in [0.15, 0.2) is 0 Å². The Labute approximate surface area is 125 Å². The Balaban J connectivity index is 2.21. The van der Waals surface area contributed by atoms with Gasteiger partial charge in [0.1, 0.15) is 17.4 Å². The van der Waals surface area contributed by atoms with Crippen LogP contribution < -0.4 is 10.1 Å². The number of hydrogen-bond acceptors (Lipinski definition) is 5. The Morgan fingerprint density at radius 3 is 2.76 bits per heavy atom. The van der Waals surface area contributed by atoms with Crippen LogP contribution in [0, 0.1) is 0 Å². The number of ether oxygens (including phenoxy) is 2. The molecule has 0 atom stereocenters. The van der Waals surface area contributed by atoms with Crippen molar-refractivity contribution in [2.24, 2.45) is 0 Å². The number of aryl methyl sites for hydroxylation is 1. The number of aromatic nitrogens is 2. The molecule has 0 aliphatic rings. The van der Waals surface area contributed by atoms with Gasteiger partial charge in [-0.25, -0.2) is 4.98 Å². The van der Waals surface area contributed by atoms with Crippen LogP contribution in [-0.4, -0.2) is 24.1 Å². The van der Waals surface area contributed by atoms with Crippen LogP contribution in [0.1, 0.15) is 24.7 Å². The normalized spacial score (nSPS) is 10.4. The molecule has 0 aliphatic heterocycles. The second-order valence-corrected chi connectivity index (χ2v) is 4.69. The zero-order chi connectivity index (χ0) is 15.1. The molecule has 1 heterocycles. The Morgan fingerprint density at radius 1 is 1.19 bits per heavy atom. The average Bonchev–Trinajstić information content (AvgIpc) is 2.48. The van der Waals surface area contributed by atoms with Crippen molar-refractivity contribution in [2.75, 3.05) is 19.5 Å². The van der Waals surface area contributed by atoms with E-state index in [1.807, 2.05) is 31.3 Å². The van der Waals surface area contributed by atoms with Gasteiger partial charge in [-0.05, 0) is 24.1 Å². The molecule has 0 unspecified atom stereocenters. The van der Waals surface area contributed by atoms with Gasteiger partial charge in [-0.2, -0.15) is 4.98 Å². The predicted molar refractivity (Wildman–Crippen MR) is 82.8 cm³/mol. The third kappa shape index (κ3) is 4.43. The fourth-order valence-electron chi connectivity index (χ4n) is 1.97. The highest BCUT2D eigenvalue weighted by molar-refractivity contribution is 5.40. The van der Waals surface area contributed by atoms with E-state index >= 15 is 0 Å². The van der Waals surface area contributed by atoms with Gasteiger partial charge >= 0.3 is 0 Å². The summed E-state index contributed by atoms with van der Waals surface area (Å²) in [6.07, 6.45) is 1.82. The van der Waals surface area contributed by atoms with Gasteiger partial charge in [-0.1, -0.05) is 19.1 Å². The first kappa shape index (κ1) is 15.3. The van der Waals surface area contributed by atoms with Crippen molar-refractivity contribution >= 4 is 5.82 Å². The van der Waals surface area contributed by atoms with Crippen LogP contribution in [0.4, 0.5) is 5.82 Å². The quantitative estimate of drug-likeness (QED) is 0.845. The van der Waals surface area contributed by atoms with E-state index in [0.717, 1.165) is 35.8 Å². The lowest BCUT2D eigenvalue weighted by Crippen LogP contribution is -2.02. The molecule has 0 aliphatic carbocycles. The molecule has 5 heteroatoms. The van der Waals surface area contributed by atoms with Crippen molar-refractivity contribution in [2.45, 2.75) is 26.4 Å². The van der Waals surface area contributed by atoms with Crippen LogP contribution in [0.3, 0.4) is 0 Å². The second-order valence-electron chi connectivity index (χ2n) is 4.69. The zero-order valence-corrected chi connectivity index (χ0v) is 12.7. The number of nitrogens with zero attached hydrogens (tertiary/aromatic N) is 2. The molecular formula is C16H21N3O2. The number of benzene rings is 1. The van der Waals surface area contributed by atoms with Crippen LogP contribution in [0.25, 0.3) is 0 Å². The smallest absolute Gasteiger partial charge is 0.224 e. The summed E-state index contributed by atoms with van der Waals surface area (Å²) in [5.41, 5.74) is 1.06. The molecule has 1 aromatic heterocycles. The van der Waals surface area contributed by atoms with Crippen molar-refractivity contribution in [1.29, 1.82) is 0 Å². The summed E-state index contributed by atoms with van der Waals surface area (Å²) in [6, 6.07) is 9.58. The number of nitrogens with one attached hydrogen (secondary N) is 1. The van der Waals surface area contributed by atoms with E-state index in [2.05, 4.69) is 22.2 Å². The van der Waals surface area contributed by atoms with Crippen LogP contribution >= 0.6 is 0 Å². The topological polar surface area (TPSA) is 56.3 Å². The summed E-state index contributed by atoms with van der Waals surface area (Å²) < 4.78 is 11.0. The molecule has 0 fully saturated rings. The van der Waals surface area contributed by atoms with E-state index in [-0.39, 0.29) is 0 Å². The zero-order valence-electron chi connectivity index (χ0n) is 12.7. The maximum Gasteiger partial charge on any atom is 0.224 e. The monoisotopic (exact) mass is 287 g/mol. The number of hydrogen-bond donors (Lipinski definition) is 1. The standard InChI is InChI=1S/C16H21N3O2/c1-4-6-14-18-15(17-2)10-16(19-14)21-13-8-5-7-12(9-13)11-20-3/h5,7-10H,4,6,11H2,1-3H3,(H,17,18,19). The van der Waals surface area contributed by atoms with Crippen molar-refractivity contribution in [3.8, 4) is 11.6 Å². The molecule has 112 valence electrons. The molecule has 5 nitrogen and oxygen atoms in total. The SMILES string of the molecule is CCCc1nc(NC)cc(Oc2cccc(COC)c2)n1. The maximum absolute atomic E-state index is 5.85. The first-order chi connectivity index (χ1) is 10.2. The third-order valence-corrected chi connectivity index (χ3v) is 2.91. The first-order valence-electron chi connectivity index (χ1n) is 7.06. The van der Waals surface area contributed by atoms with Gasteiger partial charge in [-0.3, -0.25) is 0 Å². The summed E-state index contributed by atoms with van der Waals surface area (Å²) in [7, 11) is 3.51. The molecule has 0 radical (unpaired) electrons. The van der Waals surface area contributed by atoms with Crippen LogP contribution in [0.2, 0.25) is 0 Å². The summed E-state index contributed by atoms with van der Waals surface area (Å²) in [5, 5.41) is 3.03. The van der Waals surface area contributed by atoms with E-state index in [0.29, 0.717) is 12.5 Å². The summed E-state index contributed by atoms with van der Waals surface area (Å²) in [6.45, 7) is 2.66. The Bertz CT molecular complexity index is 587. The van der Waals surface area contributed by atoms with E-state index in [4.69, 9.17) is 9.47 Å². The number of anilines is 1. The minimum absolute atomic E-state index is 0.548. The maximum atomic E-state index is 5.85. The van der Waals surface area contributed by atoms with Crippen molar-refractivity contribution in [3.63, 3.8) is 0 Å². The largest absolute Gasteiger partial charge is 0.439 e. The van der Waals surface area contributed by atoms with Crippen LogP contribution in [0.5, 0.6) is 11.6 Å². The molecule has 1 aromatic carbocycles. The van der Waals surface area contributed by atoms with E-state index in [9.17, 15) is 0 Å². The molecule has 0 amide bonds. The van der Waals surface area contributed by atoms with E-state index in [1.54, 1.807) is 13.2 Å². The van der Waals surface area contributed by atoms with E-state index < -0.39 is 0 Å². The predicted octanol–water partition coefficient (Wildman–Crippen LogP) is 3.41. The number of rotatable bonds is 7. The average molecular weight is 287 g/mol. The molecule has 1 N–H and O–H groups in total. The molecular weight excluding hydrogens is 266 g/mol.